The van der Waals surface area contributed by atoms with E-state index in [0.29, 0.717) is 32.2 Å². The fourth-order valence-electron chi connectivity index (χ4n) is 7.23. The molecule has 3 saturated heterocycles. The van der Waals surface area contributed by atoms with Crippen LogP contribution in [0.5, 0.6) is 0 Å². The Hall–Kier alpha value is -1.71. The highest BCUT2D eigenvalue weighted by atomic mass is 79.9. The van der Waals surface area contributed by atoms with Crippen LogP contribution in [0.1, 0.15) is 73.6 Å². The summed E-state index contributed by atoms with van der Waals surface area (Å²) in [5, 5.41) is 10.3. The maximum Gasteiger partial charge on any atom is 0.312 e. The Morgan fingerprint density at radius 2 is 1.95 bits per heavy atom. The smallest absolute Gasteiger partial charge is 0.312 e. The summed E-state index contributed by atoms with van der Waals surface area (Å²) in [4.78, 5) is 45.4. The number of aliphatic hydroxyl groups is 1. The van der Waals surface area contributed by atoms with E-state index in [-0.39, 0.29) is 35.3 Å². The third kappa shape index (κ3) is 5.87. The van der Waals surface area contributed by atoms with Crippen LogP contribution in [0.25, 0.3) is 0 Å². The molecular formula is C30H47BrN2O6. The van der Waals surface area contributed by atoms with Gasteiger partial charge < -0.3 is 24.4 Å². The Morgan fingerprint density at radius 1 is 1.28 bits per heavy atom. The highest BCUT2D eigenvalue weighted by Gasteiger charge is 2.77. The monoisotopic (exact) mass is 610 g/mol. The molecule has 0 aliphatic carbocycles. The second kappa shape index (κ2) is 12.0. The first-order chi connectivity index (χ1) is 18.2. The Balaban J connectivity index is 2.08. The minimum Gasteiger partial charge on any atom is -0.465 e. The molecule has 3 aliphatic heterocycles. The Kier molecular flexibility index (Phi) is 9.81. The van der Waals surface area contributed by atoms with Gasteiger partial charge in [0.1, 0.15) is 11.6 Å². The molecule has 3 heterocycles. The fraction of sp³-hybridized carbons (Fsp3) is 0.767. The number of esters is 1. The summed E-state index contributed by atoms with van der Waals surface area (Å²) in [6, 6.07) is -1.56. The van der Waals surface area contributed by atoms with Crippen LogP contribution in [0, 0.1) is 17.3 Å². The summed E-state index contributed by atoms with van der Waals surface area (Å²) in [5.41, 5.74) is -1.81. The van der Waals surface area contributed by atoms with E-state index in [1.165, 1.54) is 4.90 Å². The zero-order valence-corrected chi connectivity index (χ0v) is 26.0. The number of halogens is 1. The van der Waals surface area contributed by atoms with E-state index in [2.05, 4.69) is 49.9 Å². The van der Waals surface area contributed by atoms with E-state index >= 15 is 0 Å². The van der Waals surface area contributed by atoms with Crippen LogP contribution in [-0.4, -0.2) is 86.6 Å². The number of carbonyl (C=O) groups excluding carboxylic acids is 3. The maximum absolute atomic E-state index is 14.7. The Bertz CT molecular complexity index is 958. The molecular weight excluding hydrogens is 564 g/mol. The highest BCUT2D eigenvalue weighted by molar-refractivity contribution is 9.09. The summed E-state index contributed by atoms with van der Waals surface area (Å²) >= 11 is 3.70. The summed E-state index contributed by atoms with van der Waals surface area (Å²) in [6.45, 7) is 20.2. The van der Waals surface area contributed by atoms with Gasteiger partial charge in [0.25, 0.3) is 0 Å². The summed E-state index contributed by atoms with van der Waals surface area (Å²) in [6.07, 6.45) is 5.83. The van der Waals surface area contributed by atoms with E-state index < -0.39 is 47.1 Å². The van der Waals surface area contributed by atoms with Crippen molar-refractivity contribution in [1.82, 2.24) is 9.80 Å². The van der Waals surface area contributed by atoms with E-state index in [1.807, 2.05) is 20.8 Å². The molecule has 3 fully saturated rings. The van der Waals surface area contributed by atoms with Crippen LogP contribution in [0.4, 0.5) is 0 Å². The number of likely N-dealkylation sites (tertiary alicyclic amines) is 1. The van der Waals surface area contributed by atoms with Crippen molar-refractivity contribution in [2.75, 3.05) is 19.8 Å². The molecule has 3 aliphatic rings. The first-order valence-corrected chi connectivity index (χ1v) is 15.1. The number of ether oxygens (including phenoxy) is 2. The highest BCUT2D eigenvalue weighted by Crippen LogP contribution is 2.61. The van der Waals surface area contributed by atoms with Crippen LogP contribution in [0.15, 0.2) is 25.3 Å². The molecule has 0 aromatic carbocycles. The molecule has 2 amide bonds. The van der Waals surface area contributed by atoms with E-state index in [9.17, 15) is 19.5 Å². The predicted octanol–water partition coefficient (Wildman–Crippen LogP) is 4.24. The average Bonchev–Trinajstić information content (AvgIpc) is 3.43. The molecule has 3 rings (SSSR count). The molecule has 0 saturated carbocycles. The second-order valence-electron chi connectivity index (χ2n) is 13.0. The topological polar surface area (TPSA) is 96.4 Å². The number of carbonyl (C=O) groups is 3. The Labute approximate surface area is 242 Å². The SMILES string of the molecule is C=CCCCOC(=O)[C@H]1[C@H]2C(=O)N([C@@H](CC)CO)C(C(=O)N(CC=C)C(C)(C)CC(C)(C)C)C23CC(Br)[C@@H]1O3. The quantitative estimate of drug-likeness (QED) is 0.145. The van der Waals surface area contributed by atoms with Gasteiger partial charge in [0.2, 0.25) is 11.8 Å². The van der Waals surface area contributed by atoms with Crippen LogP contribution < -0.4 is 0 Å². The molecule has 7 atom stereocenters. The van der Waals surface area contributed by atoms with E-state index in [4.69, 9.17) is 9.47 Å². The van der Waals surface area contributed by atoms with E-state index in [0.717, 1.165) is 6.42 Å². The van der Waals surface area contributed by atoms with Crippen molar-refractivity contribution < 1.29 is 29.0 Å². The maximum atomic E-state index is 14.7. The molecule has 2 bridgehead atoms. The lowest BCUT2D eigenvalue weighted by atomic mass is 9.70. The molecule has 0 aromatic heterocycles. The third-order valence-corrected chi connectivity index (χ3v) is 9.22. The molecule has 39 heavy (non-hydrogen) atoms. The first-order valence-electron chi connectivity index (χ1n) is 14.2. The molecule has 8 nitrogen and oxygen atoms in total. The minimum atomic E-state index is -1.20. The van der Waals surface area contributed by atoms with Gasteiger partial charge in [0.05, 0.1) is 37.2 Å². The van der Waals surface area contributed by atoms with Gasteiger partial charge >= 0.3 is 5.97 Å². The number of unbranched alkanes of at least 4 members (excludes halogenated alkanes) is 1. The average molecular weight is 612 g/mol. The lowest BCUT2D eigenvalue weighted by Crippen LogP contribution is -2.62. The summed E-state index contributed by atoms with van der Waals surface area (Å²) < 4.78 is 12.2. The molecule has 0 radical (unpaired) electrons. The van der Waals surface area contributed by atoms with Gasteiger partial charge in [-0.2, -0.15) is 0 Å². The zero-order valence-electron chi connectivity index (χ0n) is 24.5. The summed E-state index contributed by atoms with van der Waals surface area (Å²) in [5.74, 6) is -2.72. The normalized spacial score (nSPS) is 30.7. The van der Waals surface area contributed by atoms with Gasteiger partial charge in [-0.25, -0.2) is 0 Å². The molecule has 220 valence electrons. The Morgan fingerprint density at radius 3 is 2.49 bits per heavy atom. The van der Waals surface area contributed by atoms with Crippen molar-refractivity contribution in [1.29, 1.82) is 0 Å². The number of rotatable bonds is 13. The number of amides is 2. The van der Waals surface area contributed by atoms with Crippen LogP contribution in [0.2, 0.25) is 0 Å². The third-order valence-electron chi connectivity index (χ3n) is 8.38. The molecule has 3 unspecified atom stereocenters. The number of alkyl halides is 1. The van der Waals surface area contributed by atoms with Crippen molar-refractivity contribution >= 4 is 33.7 Å². The van der Waals surface area contributed by atoms with Gasteiger partial charge in [0.15, 0.2) is 0 Å². The van der Waals surface area contributed by atoms with Gasteiger partial charge in [-0.1, -0.05) is 55.8 Å². The van der Waals surface area contributed by atoms with Crippen LogP contribution in [0.3, 0.4) is 0 Å². The van der Waals surface area contributed by atoms with Crippen LogP contribution in [-0.2, 0) is 23.9 Å². The van der Waals surface area contributed by atoms with Crippen LogP contribution >= 0.6 is 15.9 Å². The van der Waals surface area contributed by atoms with Gasteiger partial charge in [-0.05, 0) is 51.4 Å². The van der Waals surface area contributed by atoms with Crippen molar-refractivity contribution in [3.05, 3.63) is 25.3 Å². The van der Waals surface area contributed by atoms with Crippen molar-refractivity contribution in [3.8, 4) is 0 Å². The van der Waals surface area contributed by atoms with Gasteiger partial charge in [-0.3, -0.25) is 14.4 Å². The number of allylic oxidation sites excluding steroid dienone is 1. The standard InChI is InChI=1S/C30H47BrN2O6/c1-9-12-13-15-38-27(37)21-22-25(35)33(19(11-3)17-34)24(30(22)16-20(31)23(21)39-30)26(36)32(14-10-2)29(7,8)18-28(4,5)6/h9-10,19-24,34H,1-2,11-18H2,3-8H3/t19-,20?,21-,22-,23-,24?,30?/m0/s1. The lowest BCUT2D eigenvalue weighted by molar-refractivity contribution is -0.158. The molecule has 1 spiro atoms. The molecule has 9 heteroatoms. The number of hydrogen-bond donors (Lipinski definition) is 1. The molecule has 1 N–H and O–H groups in total. The van der Waals surface area contributed by atoms with Gasteiger partial charge in [0, 0.05) is 16.9 Å². The number of aliphatic hydroxyl groups excluding tert-OH is 1. The minimum absolute atomic E-state index is 0.0595. The van der Waals surface area contributed by atoms with E-state index in [1.54, 1.807) is 17.1 Å². The largest absolute Gasteiger partial charge is 0.465 e. The second-order valence-corrected chi connectivity index (χ2v) is 14.2. The lowest BCUT2D eigenvalue weighted by Gasteiger charge is -2.46. The predicted molar refractivity (Wildman–Crippen MR) is 154 cm³/mol. The summed E-state index contributed by atoms with van der Waals surface area (Å²) in [7, 11) is 0. The van der Waals surface area contributed by atoms with Gasteiger partial charge in [-0.15, -0.1) is 13.2 Å². The zero-order chi connectivity index (χ0) is 29.3. The first kappa shape index (κ1) is 31.8. The van der Waals surface area contributed by atoms with Crippen molar-refractivity contribution in [2.45, 2.75) is 108 Å². The molecule has 0 aromatic rings. The number of fused-ring (bicyclic) bond motifs is 1. The fourth-order valence-corrected chi connectivity index (χ4v) is 8.17. The number of nitrogens with zero attached hydrogens (tertiary/aromatic N) is 2. The van der Waals surface area contributed by atoms with Crippen molar-refractivity contribution in [2.24, 2.45) is 17.3 Å². The number of hydrogen-bond acceptors (Lipinski definition) is 6. The van der Waals surface area contributed by atoms with Crippen molar-refractivity contribution in [3.63, 3.8) is 0 Å².